The van der Waals surface area contributed by atoms with Crippen molar-refractivity contribution in [2.24, 2.45) is 0 Å². The maximum atomic E-state index is 13.6. The number of anilines is 1. The molecule has 0 aliphatic carbocycles. The first kappa shape index (κ1) is 20.5. The van der Waals surface area contributed by atoms with Gasteiger partial charge in [-0.15, -0.1) is 0 Å². The Morgan fingerprint density at radius 3 is 2.45 bits per heavy atom. The predicted octanol–water partition coefficient (Wildman–Crippen LogP) is 4.69. The van der Waals surface area contributed by atoms with Crippen LogP contribution >= 0.6 is 11.3 Å². The molecule has 0 aliphatic heterocycles. The van der Waals surface area contributed by atoms with Gasteiger partial charge in [-0.05, 0) is 30.3 Å². The molecule has 4 aromatic rings. The number of benzene rings is 3. The van der Waals surface area contributed by atoms with Crippen LogP contribution in [0.3, 0.4) is 0 Å². The van der Waals surface area contributed by atoms with Crippen molar-refractivity contribution in [3.8, 4) is 11.5 Å². The molecule has 0 aliphatic rings. The molecule has 0 unspecified atom stereocenters. The summed E-state index contributed by atoms with van der Waals surface area (Å²) in [6, 6.07) is 18.1. The summed E-state index contributed by atoms with van der Waals surface area (Å²) in [5.74, 6) is -0.195. The lowest BCUT2D eigenvalue weighted by Crippen LogP contribution is -2.20. The van der Waals surface area contributed by atoms with Crippen LogP contribution in [0.15, 0.2) is 66.7 Å². The summed E-state index contributed by atoms with van der Waals surface area (Å²) >= 11 is 1.14. The van der Waals surface area contributed by atoms with E-state index in [-0.39, 0.29) is 12.4 Å². The molecule has 0 bridgehead atoms. The van der Waals surface area contributed by atoms with Crippen molar-refractivity contribution < 1.29 is 23.5 Å². The number of nitrogens with one attached hydrogen (secondary N) is 1. The first-order valence-electron chi connectivity index (χ1n) is 9.30. The molecule has 0 radical (unpaired) electrons. The SMILES string of the molecule is COc1cc(F)cc2sc(NC(=O)COc3ccc(C(=O)c4ccccc4)cc3)nc12. The molecule has 0 atom stereocenters. The van der Waals surface area contributed by atoms with Gasteiger partial charge in [-0.25, -0.2) is 9.37 Å². The Morgan fingerprint density at radius 2 is 1.74 bits per heavy atom. The molecule has 0 spiro atoms. The number of amides is 1. The van der Waals surface area contributed by atoms with Crippen molar-refractivity contribution in [2.45, 2.75) is 0 Å². The number of rotatable bonds is 7. The average Bonchev–Trinajstić information content (AvgIpc) is 3.19. The van der Waals surface area contributed by atoms with E-state index in [2.05, 4.69) is 10.3 Å². The fourth-order valence-corrected chi connectivity index (χ4v) is 3.86. The van der Waals surface area contributed by atoms with Gasteiger partial charge in [0, 0.05) is 17.2 Å². The standard InChI is InChI=1S/C23H17FN2O4S/c1-29-18-11-16(24)12-19-21(18)26-23(31-19)25-20(27)13-30-17-9-7-15(8-10-17)22(28)14-5-3-2-4-6-14/h2-12H,13H2,1H3,(H,25,26,27). The Labute approximate surface area is 181 Å². The van der Waals surface area contributed by atoms with E-state index < -0.39 is 11.7 Å². The minimum Gasteiger partial charge on any atom is -0.494 e. The van der Waals surface area contributed by atoms with Crippen LogP contribution in [0.2, 0.25) is 0 Å². The number of methoxy groups -OCH3 is 1. The maximum Gasteiger partial charge on any atom is 0.264 e. The lowest BCUT2D eigenvalue weighted by Gasteiger charge is -2.07. The number of nitrogens with zero attached hydrogens (tertiary/aromatic N) is 1. The number of halogens is 1. The Hall–Kier alpha value is -3.78. The Bertz CT molecular complexity index is 1240. The molecule has 0 saturated heterocycles. The molecule has 1 aromatic heterocycles. The molecule has 8 heteroatoms. The Balaban J connectivity index is 1.37. The molecular formula is C23H17FN2O4S. The number of carbonyl (C=O) groups excluding carboxylic acids is 2. The summed E-state index contributed by atoms with van der Waals surface area (Å²) in [6.45, 7) is -0.243. The van der Waals surface area contributed by atoms with Gasteiger partial charge in [0.05, 0.1) is 11.8 Å². The second-order valence-corrected chi connectivity index (χ2v) is 7.56. The van der Waals surface area contributed by atoms with Crippen molar-refractivity contribution >= 4 is 38.4 Å². The van der Waals surface area contributed by atoms with E-state index in [0.717, 1.165) is 11.3 Å². The van der Waals surface area contributed by atoms with E-state index in [1.165, 1.54) is 19.2 Å². The van der Waals surface area contributed by atoms with E-state index >= 15 is 0 Å². The van der Waals surface area contributed by atoms with E-state index in [1.807, 2.05) is 6.07 Å². The second kappa shape index (κ2) is 8.93. The average molecular weight is 436 g/mol. The van der Waals surface area contributed by atoms with Gasteiger partial charge in [-0.3, -0.25) is 14.9 Å². The van der Waals surface area contributed by atoms with Gasteiger partial charge in [0.2, 0.25) is 0 Å². The number of aromatic nitrogens is 1. The zero-order chi connectivity index (χ0) is 21.8. The van der Waals surface area contributed by atoms with Gasteiger partial charge in [0.15, 0.2) is 17.5 Å². The van der Waals surface area contributed by atoms with Crippen LogP contribution in [-0.4, -0.2) is 30.4 Å². The molecule has 31 heavy (non-hydrogen) atoms. The van der Waals surface area contributed by atoms with Gasteiger partial charge in [-0.2, -0.15) is 0 Å². The maximum absolute atomic E-state index is 13.6. The lowest BCUT2D eigenvalue weighted by molar-refractivity contribution is -0.118. The smallest absolute Gasteiger partial charge is 0.264 e. The molecule has 1 heterocycles. The molecular weight excluding hydrogens is 419 g/mol. The number of hydrogen-bond donors (Lipinski definition) is 1. The molecule has 3 aromatic carbocycles. The van der Waals surface area contributed by atoms with Gasteiger partial charge < -0.3 is 9.47 Å². The number of thiazole rings is 1. The minimum atomic E-state index is -0.441. The zero-order valence-electron chi connectivity index (χ0n) is 16.4. The van der Waals surface area contributed by atoms with Crippen LogP contribution in [0.4, 0.5) is 9.52 Å². The number of ether oxygens (including phenoxy) is 2. The van der Waals surface area contributed by atoms with Crippen molar-refractivity contribution in [2.75, 3.05) is 19.0 Å². The molecule has 1 N–H and O–H groups in total. The molecule has 156 valence electrons. The zero-order valence-corrected chi connectivity index (χ0v) is 17.2. The van der Waals surface area contributed by atoms with Crippen LogP contribution in [0.1, 0.15) is 15.9 Å². The largest absolute Gasteiger partial charge is 0.494 e. The van der Waals surface area contributed by atoms with Crippen LogP contribution < -0.4 is 14.8 Å². The normalized spacial score (nSPS) is 10.6. The third kappa shape index (κ3) is 4.70. The summed E-state index contributed by atoms with van der Waals surface area (Å²) in [5, 5.41) is 2.95. The van der Waals surface area contributed by atoms with Crippen molar-refractivity contribution in [3.05, 3.63) is 83.7 Å². The van der Waals surface area contributed by atoms with E-state index in [0.29, 0.717) is 38.0 Å². The van der Waals surface area contributed by atoms with Gasteiger partial charge in [0.1, 0.15) is 22.8 Å². The van der Waals surface area contributed by atoms with Crippen LogP contribution in [-0.2, 0) is 4.79 Å². The van der Waals surface area contributed by atoms with Crippen LogP contribution in [0.25, 0.3) is 10.2 Å². The van der Waals surface area contributed by atoms with Crippen LogP contribution in [0, 0.1) is 5.82 Å². The minimum absolute atomic E-state index is 0.0902. The molecule has 0 fully saturated rings. The topological polar surface area (TPSA) is 77.5 Å². The molecule has 6 nitrogen and oxygen atoms in total. The lowest BCUT2D eigenvalue weighted by atomic mass is 10.0. The fraction of sp³-hybridized carbons (Fsp3) is 0.0870. The van der Waals surface area contributed by atoms with E-state index in [4.69, 9.17) is 9.47 Å². The Morgan fingerprint density at radius 1 is 1.03 bits per heavy atom. The highest BCUT2D eigenvalue weighted by molar-refractivity contribution is 7.22. The third-order valence-corrected chi connectivity index (χ3v) is 5.33. The summed E-state index contributed by atoms with van der Waals surface area (Å²) in [7, 11) is 1.43. The predicted molar refractivity (Wildman–Crippen MR) is 117 cm³/mol. The second-order valence-electron chi connectivity index (χ2n) is 6.53. The quantitative estimate of drug-likeness (QED) is 0.425. The highest BCUT2D eigenvalue weighted by Crippen LogP contribution is 2.33. The third-order valence-electron chi connectivity index (χ3n) is 4.41. The number of hydrogen-bond acceptors (Lipinski definition) is 6. The van der Waals surface area contributed by atoms with Gasteiger partial charge in [-0.1, -0.05) is 41.7 Å². The first-order chi connectivity index (χ1) is 15.0. The number of carbonyl (C=O) groups is 2. The monoisotopic (exact) mass is 436 g/mol. The summed E-state index contributed by atoms with van der Waals surface area (Å²) in [5.41, 5.74) is 1.60. The van der Waals surface area contributed by atoms with Crippen molar-refractivity contribution in [3.63, 3.8) is 0 Å². The Kier molecular flexibility index (Phi) is 5.90. The van der Waals surface area contributed by atoms with E-state index in [1.54, 1.807) is 48.5 Å². The first-order valence-corrected chi connectivity index (χ1v) is 10.1. The molecule has 1 amide bonds. The van der Waals surface area contributed by atoms with Crippen molar-refractivity contribution in [1.82, 2.24) is 4.98 Å². The molecule has 0 saturated carbocycles. The van der Waals surface area contributed by atoms with Gasteiger partial charge in [0.25, 0.3) is 5.91 Å². The fourth-order valence-electron chi connectivity index (χ4n) is 2.94. The number of ketones is 1. The highest BCUT2D eigenvalue weighted by Gasteiger charge is 2.14. The number of fused-ring (bicyclic) bond motifs is 1. The summed E-state index contributed by atoms with van der Waals surface area (Å²) in [6.07, 6.45) is 0. The highest BCUT2D eigenvalue weighted by atomic mass is 32.1. The summed E-state index contributed by atoms with van der Waals surface area (Å²) < 4.78 is 24.8. The van der Waals surface area contributed by atoms with Gasteiger partial charge >= 0.3 is 0 Å². The van der Waals surface area contributed by atoms with E-state index in [9.17, 15) is 14.0 Å². The molecule has 4 rings (SSSR count). The van der Waals surface area contributed by atoms with Crippen LogP contribution in [0.5, 0.6) is 11.5 Å². The summed E-state index contributed by atoms with van der Waals surface area (Å²) in [4.78, 5) is 28.9. The van der Waals surface area contributed by atoms with Crippen molar-refractivity contribution in [1.29, 1.82) is 0 Å².